The van der Waals surface area contributed by atoms with Crippen LogP contribution >= 0.6 is 0 Å². The summed E-state index contributed by atoms with van der Waals surface area (Å²) >= 11 is 0. The molecule has 1 saturated heterocycles. The lowest BCUT2D eigenvalue weighted by molar-refractivity contribution is 0.237. The Morgan fingerprint density at radius 2 is 1.79 bits per heavy atom. The first-order valence-electron chi connectivity index (χ1n) is 9.20. The third kappa shape index (κ3) is 3.98. The highest BCUT2D eigenvalue weighted by Gasteiger charge is 2.33. The molecule has 1 aliphatic rings. The summed E-state index contributed by atoms with van der Waals surface area (Å²) in [6.07, 6.45) is 3.10. The average Bonchev–Trinajstić information content (AvgIpc) is 2.65. The maximum Gasteiger partial charge on any atom is 0.277 e. The number of nitrogens with two attached hydrogens (primary N) is 1. The average molecular weight is 410 g/mol. The first-order valence-corrected chi connectivity index (χ1v) is 10.7. The Labute approximate surface area is 165 Å². The normalized spacial score (nSPS) is 16.2. The minimum absolute atomic E-state index is 0.109. The summed E-state index contributed by atoms with van der Waals surface area (Å²) in [5, 5.41) is 14.7. The minimum Gasteiger partial charge on any atom is -0.493 e. The van der Waals surface area contributed by atoms with Gasteiger partial charge in [0, 0.05) is 36.6 Å². The Morgan fingerprint density at radius 3 is 2.32 bits per heavy atom. The van der Waals surface area contributed by atoms with Gasteiger partial charge >= 0.3 is 0 Å². The Kier molecular flexibility index (Phi) is 5.92. The molecule has 0 saturated carbocycles. The molecule has 1 aromatic carbocycles. The van der Waals surface area contributed by atoms with E-state index in [1.165, 1.54) is 4.31 Å². The fourth-order valence-electron chi connectivity index (χ4n) is 3.91. The highest BCUT2D eigenvalue weighted by molar-refractivity contribution is 7.86. The van der Waals surface area contributed by atoms with Gasteiger partial charge in [-0.3, -0.25) is 0 Å². The molecule has 0 bridgehead atoms. The first-order chi connectivity index (χ1) is 13.3. The number of benzene rings is 1. The Hall–Kier alpha value is -2.17. The molecular weight excluding hydrogens is 382 g/mol. The lowest BCUT2D eigenvalue weighted by atomic mass is 10.0. The fourth-order valence-corrected chi connectivity index (χ4v) is 5.12. The summed E-state index contributed by atoms with van der Waals surface area (Å²) in [5.74, 6) is 1.22. The van der Waals surface area contributed by atoms with Crippen LogP contribution in [0.5, 0.6) is 11.5 Å². The number of anilines is 1. The molecule has 0 unspecified atom stereocenters. The molecule has 0 spiro atoms. The molecule has 154 valence electrons. The zero-order valence-corrected chi connectivity index (χ0v) is 17.4. The number of hydrogen-bond acceptors (Lipinski definition) is 7. The van der Waals surface area contributed by atoms with Crippen LogP contribution in [0.25, 0.3) is 10.9 Å². The fraction of sp³-hybridized carbons (Fsp3) is 0.556. The second-order valence-electron chi connectivity index (χ2n) is 7.14. The van der Waals surface area contributed by atoms with Crippen molar-refractivity contribution in [3.05, 3.63) is 18.3 Å². The molecule has 1 aliphatic heterocycles. The second-order valence-corrected chi connectivity index (χ2v) is 8.59. The number of fused-ring (bicyclic) bond motifs is 1. The number of ether oxygens (including phenoxy) is 2. The zero-order valence-electron chi connectivity index (χ0n) is 16.6. The van der Waals surface area contributed by atoms with E-state index in [0.29, 0.717) is 42.9 Å². The van der Waals surface area contributed by atoms with Gasteiger partial charge in [0.05, 0.1) is 31.6 Å². The van der Waals surface area contributed by atoms with Gasteiger partial charge in [0.1, 0.15) is 0 Å². The molecule has 2 heterocycles. The lowest BCUT2D eigenvalue weighted by Gasteiger charge is -2.39. The van der Waals surface area contributed by atoms with E-state index in [1.807, 2.05) is 19.9 Å². The van der Waals surface area contributed by atoms with Crippen LogP contribution < -0.4 is 19.5 Å². The van der Waals surface area contributed by atoms with Crippen LogP contribution in [0.15, 0.2) is 18.3 Å². The first kappa shape index (κ1) is 20.6. The summed E-state index contributed by atoms with van der Waals surface area (Å²) in [6, 6.07) is 3.42. The van der Waals surface area contributed by atoms with Crippen molar-refractivity contribution in [1.29, 1.82) is 0 Å². The monoisotopic (exact) mass is 409 g/mol. The van der Waals surface area contributed by atoms with Crippen LogP contribution in [0.1, 0.15) is 26.7 Å². The smallest absolute Gasteiger partial charge is 0.277 e. The zero-order chi connectivity index (χ0) is 20.5. The lowest BCUT2D eigenvalue weighted by Crippen LogP contribution is -2.52. The molecule has 9 nitrogen and oxygen atoms in total. The van der Waals surface area contributed by atoms with Crippen LogP contribution in [0.2, 0.25) is 0 Å². The van der Waals surface area contributed by atoms with E-state index in [2.05, 4.69) is 15.1 Å². The van der Waals surface area contributed by atoms with Crippen molar-refractivity contribution in [2.45, 2.75) is 38.8 Å². The van der Waals surface area contributed by atoms with Gasteiger partial charge in [0.25, 0.3) is 10.2 Å². The van der Waals surface area contributed by atoms with Crippen molar-refractivity contribution in [3.63, 3.8) is 0 Å². The maximum atomic E-state index is 12.0. The number of aromatic nitrogens is 2. The molecule has 1 fully saturated rings. The summed E-state index contributed by atoms with van der Waals surface area (Å²) in [4.78, 5) is 2.20. The van der Waals surface area contributed by atoms with Crippen molar-refractivity contribution in [2.75, 3.05) is 32.2 Å². The number of nitrogens with zero attached hydrogens (tertiary/aromatic N) is 4. The van der Waals surface area contributed by atoms with Crippen molar-refractivity contribution in [3.8, 4) is 11.5 Å². The quantitative estimate of drug-likeness (QED) is 0.770. The largest absolute Gasteiger partial charge is 0.493 e. The highest BCUT2D eigenvalue weighted by atomic mass is 32.2. The minimum atomic E-state index is -3.74. The van der Waals surface area contributed by atoms with Crippen LogP contribution in [0.3, 0.4) is 0 Å². The van der Waals surface area contributed by atoms with Gasteiger partial charge in [-0.2, -0.15) is 22.9 Å². The van der Waals surface area contributed by atoms with Crippen molar-refractivity contribution < 1.29 is 17.9 Å². The van der Waals surface area contributed by atoms with Crippen molar-refractivity contribution in [1.82, 2.24) is 14.5 Å². The van der Waals surface area contributed by atoms with Gasteiger partial charge in [0.2, 0.25) is 0 Å². The predicted octanol–water partition coefficient (Wildman–Crippen LogP) is 1.53. The summed E-state index contributed by atoms with van der Waals surface area (Å²) < 4.78 is 36.1. The predicted molar refractivity (Wildman–Crippen MR) is 108 cm³/mol. The molecule has 2 N–H and O–H groups in total. The molecule has 28 heavy (non-hydrogen) atoms. The summed E-state index contributed by atoms with van der Waals surface area (Å²) in [6.45, 7) is 5.07. The molecule has 0 atom stereocenters. The molecule has 3 rings (SSSR count). The summed E-state index contributed by atoms with van der Waals surface area (Å²) in [5.41, 5.74) is 1.65. The van der Waals surface area contributed by atoms with E-state index in [9.17, 15) is 8.42 Å². The van der Waals surface area contributed by atoms with Gasteiger partial charge in [-0.15, -0.1) is 0 Å². The second kappa shape index (κ2) is 8.06. The van der Waals surface area contributed by atoms with Crippen LogP contribution in [0, 0.1) is 0 Å². The number of methoxy groups -OCH3 is 2. The van der Waals surface area contributed by atoms with E-state index >= 15 is 0 Å². The Balaban J connectivity index is 1.87. The van der Waals surface area contributed by atoms with Gasteiger partial charge < -0.3 is 14.4 Å². The molecule has 1 aromatic heterocycles. The topological polar surface area (TPSA) is 111 Å². The molecule has 10 heteroatoms. The van der Waals surface area contributed by atoms with E-state index in [0.717, 1.165) is 11.1 Å². The van der Waals surface area contributed by atoms with Crippen LogP contribution in [-0.2, 0) is 10.2 Å². The third-order valence-corrected chi connectivity index (χ3v) is 6.40. The van der Waals surface area contributed by atoms with Gasteiger partial charge in [-0.05, 0) is 32.8 Å². The maximum absolute atomic E-state index is 12.0. The standard InChI is InChI=1S/C18H27N5O4S/c1-12(2)23(28(19,24)25)13-5-7-22(8-6-13)16-11-20-21-15-10-18(27-4)17(26-3)9-14(15)16/h9-13H,5-8H2,1-4H3,(H2,19,24,25). The molecule has 2 aromatic rings. The third-order valence-electron chi connectivity index (χ3n) is 5.09. The molecule has 0 amide bonds. The summed E-state index contributed by atoms with van der Waals surface area (Å²) in [7, 11) is -0.560. The Morgan fingerprint density at radius 1 is 1.18 bits per heavy atom. The van der Waals surface area contributed by atoms with Gasteiger partial charge in [-0.1, -0.05) is 0 Å². The Bertz CT molecular complexity index is 942. The van der Waals surface area contributed by atoms with Gasteiger partial charge in [-0.25, -0.2) is 5.14 Å². The van der Waals surface area contributed by atoms with Crippen molar-refractivity contribution >= 4 is 26.8 Å². The molecule has 0 aliphatic carbocycles. The number of rotatable bonds is 6. The number of piperidine rings is 1. The van der Waals surface area contributed by atoms with Crippen LogP contribution in [0.4, 0.5) is 5.69 Å². The highest BCUT2D eigenvalue weighted by Crippen LogP contribution is 2.36. The van der Waals surface area contributed by atoms with Crippen LogP contribution in [-0.4, -0.2) is 62.3 Å². The van der Waals surface area contributed by atoms with Gasteiger partial charge in [0.15, 0.2) is 11.5 Å². The van der Waals surface area contributed by atoms with E-state index in [-0.39, 0.29) is 12.1 Å². The van der Waals surface area contributed by atoms with E-state index < -0.39 is 10.2 Å². The molecule has 0 radical (unpaired) electrons. The van der Waals surface area contributed by atoms with E-state index in [1.54, 1.807) is 26.5 Å². The number of hydrogen-bond donors (Lipinski definition) is 1. The SMILES string of the molecule is COc1cc2nncc(N3CCC(N(C(C)C)S(N)(=O)=O)CC3)c2cc1OC. The van der Waals surface area contributed by atoms with Crippen molar-refractivity contribution in [2.24, 2.45) is 5.14 Å². The molecular formula is C18H27N5O4S. The van der Waals surface area contributed by atoms with E-state index in [4.69, 9.17) is 14.6 Å².